The zero-order valence-electron chi connectivity index (χ0n) is 11.3. The van der Waals surface area contributed by atoms with Crippen LogP contribution in [0.25, 0.3) is 0 Å². The van der Waals surface area contributed by atoms with Gasteiger partial charge in [-0.1, -0.05) is 0 Å². The van der Waals surface area contributed by atoms with Crippen molar-refractivity contribution in [3.8, 4) is 0 Å². The minimum atomic E-state index is -0.968. The zero-order chi connectivity index (χ0) is 13.9. The molecule has 18 heavy (non-hydrogen) atoms. The van der Waals surface area contributed by atoms with E-state index in [-0.39, 0.29) is 0 Å². The van der Waals surface area contributed by atoms with E-state index in [1.165, 1.54) is 11.8 Å². The molecule has 0 saturated carbocycles. The van der Waals surface area contributed by atoms with E-state index in [4.69, 9.17) is 10.8 Å². The van der Waals surface area contributed by atoms with Crippen LogP contribution in [0.5, 0.6) is 0 Å². The summed E-state index contributed by atoms with van der Waals surface area (Å²) in [5, 5.41) is 8.96. The van der Waals surface area contributed by atoms with Gasteiger partial charge in [-0.2, -0.15) is 0 Å². The molecule has 0 aliphatic heterocycles. The summed E-state index contributed by atoms with van der Waals surface area (Å²) < 4.78 is 1.56. The van der Waals surface area contributed by atoms with Gasteiger partial charge in [0.25, 0.3) is 0 Å². The summed E-state index contributed by atoms with van der Waals surface area (Å²) in [5.74, 6) is -0.267. The number of hydrogen-bond acceptors (Lipinski definition) is 4. The molecular formula is C12H21N3O2S. The van der Waals surface area contributed by atoms with Gasteiger partial charge in [0.05, 0.1) is 6.33 Å². The van der Waals surface area contributed by atoms with Crippen molar-refractivity contribution in [2.24, 2.45) is 5.73 Å². The molecule has 3 N–H and O–H groups in total. The number of aliphatic carboxylic acids is 1. The van der Waals surface area contributed by atoms with Crippen molar-refractivity contribution in [3.05, 3.63) is 18.2 Å². The van der Waals surface area contributed by atoms with Gasteiger partial charge in [-0.05, 0) is 27.7 Å². The summed E-state index contributed by atoms with van der Waals surface area (Å²) in [7, 11) is 0. The predicted molar refractivity (Wildman–Crippen MR) is 73.6 cm³/mol. The van der Waals surface area contributed by atoms with E-state index < -0.39 is 16.8 Å². The molecule has 0 fully saturated rings. The summed E-state index contributed by atoms with van der Waals surface area (Å²) >= 11 is 1.54. The van der Waals surface area contributed by atoms with Crippen LogP contribution in [-0.4, -0.2) is 31.4 Å². The minimum absolute atomic E-state index is 0.347. The van der Waals surface area contributed by atoms with Crippen LogP contribution in [-0.2, 0) is 10.5 Å². The lowest BCUT2D eigenvalue weighted by atomic mass is 10.1. The fraction of sp³-hybridized carbons (Fsp3) is 0.667. The Balaban J connectivity index is 2.70. The SMILES string of the molecule is CC(C)n1cncc1CSC(C)(C)[C@@H](N)C(=O)O. The lowest BCUT2D eigenvalue weighted by Crippen LogP contribution is -2.46. The van der Waals surface area contributed by atoms with Gasteiger partial charge in [-0.25, -0.2) is 4.98 Å². The van der Waals surface area contributed by atoms with E-state index >= 15 is 0 Å². The lowest BCUT2D eigenvalue weighted by Gasteiger charge is -2.28. The molecule has 0 aliphatic rings. The van der Waals surface area contributed by atoms with Crippen LogP contribution in [0.4, 0.5) is 0 Å². The van der Waals surface area contributed by atoms with Crippen molar-refractivity contribution < 1.29 is 9.90 Å². The summed E-state index contributed by atoms with van der Waals surface area (Å²) in [6, 6.07) is -0.530. The molecule has 0 spiro atoms. The van der Waals surface area contributed by atoms with Crippen LogP contribution < -0.4 is 5.73 Å². The molecule has 0 aliphatic carbocycles. The second-order valence-corrected chi connectivity index (χ2v) is 6.72. The number of carbonyl (C=O) groups is 1. The Bertz CT molecular complexity index is 415. The molecule has 1 atom stereocenters. The van der Waals surface area contributed by atoms with Crippen molar-refractivity contribution in [2.45, 2.75) is 50.3 Å². The predicted octanol–water partition coefficient (Wildman–Crippen LogP) is 1.89. The van der Waals surface area contributed by atoms with Crippen molar-refractivity contribution in [1.29, 1.82) is 0 Å². The van der Waals surface area contributed by atoms with Crippen LogP contribution in [0.1, 0.15) is 39.4 Å². The Kier molecular flexibility index (Phi) is 4.81. The number of hydrogen-bond donors (Lipinski definition) is 2. The second kappa shape index (κ2) is 5.75. The third-order valence-corrected chi connectivity index (χ3v) is 4.35. The standard InChI is InChI=1S/C12H21N3O2S/c1-8(2)15-7-14-5-9(15)6-18-12(3,4)10(13)11(16)17/h5,7-8,10H,6,13H2,1-4H3,(H,16,17)/t10-/m0/s1. The highest BCUT2D eigenvalue weighted by Crippen LogP contribution is 2.31. The second-order valence-electron chi connectivity index (χ2n) is 5.09. The number of rotatable bonds is 6. The first kappa shape index (κ1) is 15.0. The number of nitrogens with two attached hydrogens (primary N) is 1. The van der Waals surface area contributed by atoms with Crippen molar-refractivity contribution in [2.75, 3.05) is 0 Å². The van der Waals surface area contributed by atoms with E-state index in [9.17, 15) is 4.79 Å². The minimum Gasteiger partial charge on any atom is -0.480 e. The maximum atomic E-state index is 10.9. The molecule has 0 unspecified atom stereocenters. The van der Waals surface area contributed by atoms with Crippen molar-refractivity contribution >= 4 is 17.7 Å². The van der Waals surface area contributed by atoms with Gasteiger partial charge < -0.3 is 15.4 Å². The van der Waals surface area contributed by atoms with E-state index in [0.29, 0.717) is 11.8 Å². The molecule has 1 heterocycles. The molecule has 0 radical (unpaired) electrons. The smallest absolute Gasteiger partial charge is 0.321 e. The Morgan fingerprint density at radius 1 is 1.61 bits per heavy atom. The molecule has 1 aromatic heterocycles. The molecule has 0 aromatic carbocycles. The van der Waals surface area contributed by atoms with Gasteiger partial charge in [0.2, 0.25) is 0 Å². The van der Waals surface area contributed by atoms with Crippen LogP contribution in [0.3, 0.4) is 0 Å². The average molecular weight is 271 g/mol. The number of thioether (sulfide) groups is 1. The van der Waals surface area contributed by atoms with E-state index in [2.05, 4.69) is 23.4 Å². The monoisotopic (exact) mass is 271 g/mol. The molecular weight excluding hydrogens is 250 g/mol. The molecule has 6 heteroatoms. The first-order valence-corrected chi connectivity index (χ1v) is 6.87. The lowest BCUT2D eigenvalue weighted by molar-refractivity contribution is -0.139. The van der Waals surface area contributed by atoms with Gasteiger partial charge in [0, 0.05) is 28.4 Å². The highest BCUT2D eigenvalue weighted by atomic mass is 32.2. The van der Waals surface area contributed by atoms with Gasteiger partial charge >= 0.3 is 5.97 Å². The Labute approximate surface area is 112 Å². The summed E-state index contributed by atoms with van der Waals surface area (Å²) in [6.07, 6.45) is 3.61. The molecule has 0 saturated heterocycles. The van der Waals surface area contributed by atoms with Crippen molar-refractivity contribution in [3.63, 3.8) is 0 Å². The topological polar surface area (TPSA) is 81.1 Å². The number of carboxylic acid groups (broad SMARTS) is 1. The fourth-order valence-electron chi connectivity index (χ4n) is 1.56. The number of imidazole rings is 1. The highest BCUT2D eigenvalue weighted by molar-refractivity contribution is 7.99. The van der Waals surface area contributed by atoms with Crippen LogP contribution in [0.2, 0.25) is 0 Å². The van der Waals surface area contributed by atoms with Crippen molar-refractivity contribution in [1.82, 2.24) is 9.55 Å². The largest absolute Gasteiger partial charge is 0.480 e. The van der Waals surface area contributed by atoms with Crippen LogP contribution in [0, 0.1) is 0 Å². The number of aromatic nitrogens is 2. The maximum Gasteiger partial charge on any atom is 0.321 e. The van der Waals surface area contributed by atoms with Gasteiger partial charge in [-0.15, -0.1) is 11.8 Å². The van der Waals surface area contributed by atoms with Gasteiger partial charge in [0.15, 0.2) is 0 Å². The number of nitrogens with zero attached hydrogens (tertiary/aromatic N) is 2. The molecule has 0 amide bonds. The van der Waals surface area contributed by atoms with Gasteiger partial charge in [-0.3, -0.25) is 4.79 Å². The van der Waals surface area contributed by atoms with E-state index in [1.54, 1.807) is 6.33 Å². The third kappa shape index (κ3) is 3.49. The Hall–Kier alpha value is -1.01. The summed E-state index contributed by atoms with van der Waals surface area (Å²) in [4.78, 5) is 15.1. The average Bonchev–Trinajstić information content (AvgIpc) is 2.73. The first-order valence-electron chi connectivity index (χ1n) is 5.88. The third-order valence-electron chi connectivity index (χ3n) is 2.91. The molecule has 1 aromatic rings. The number of carboxylic acids is 1. The van der Waals surface area contributed by atoms with E-state index in [1.807, 2.05) is 20.0 Å². The molecule has 1 rings (SSSR count). The fourth-order valence-corrected chi connectivity index (χ4v) is 2.58. The molecule has 5 nitrogen and oxygen atoms in total. The van der Waals surface area contributed by atoms with Crippen LogP contribution >= 0.6 is 11.8 Å². The zero-order valence-corrected chi connectivity index (χ0v) is 12.1. The maximum absolute atomic E-state index is 10.9. The van der Waals surface area contributed by atoms with Gasteiger partial charge in [0.1, 0.15) is 6.04 Å². The Morgan fingerprint density at radius 2 is 2.22 bits per heavy atom. The molecule has 102 valence electrons. The molecule has 0 bridgehead atoms. The quantitative estimate of drug-likeness (QED) is 0.825. The first-order chi connectivity index (χ1) is 8.25. The van der Waals surface area contributed by atoms with Crippen LogP contribution in [0.15, 0.2) is 12.5 Å². The summed E-state index contributed by atoms with van der Waals surface area (Å²) in [5.41, 5.74) is 6.77. The highest BCUT2D eigenvalue weighted by Gasteiger charge is 2.32. The van der Waals surface area contributed by atoms with E-state index in [0.717, 1.165) is 5.69 Å². The Morgan fingerprint density at radius 3 is 2.72 bits per heavy atom. The normalized spacial score (nSPS) is 13.9. The summed E-state index contributed by atoms with van der Waals surface area (Å²) in [6.45, 7) is 7.88.